The van der Waals surface area contributed by atoms with Crippen molar-refractivity contribution in [1.29, 1.82) is 0 Å². The number of ketones is 1. The third-order valence-corrected chi connectivity index (χ3v) is 3.30. The molecule has 1 heteroatoms. The fourth-order valence-electron chi connectivity index (χ4n) is 2.24. The number of allylic oxidation sites excluding steroid dienone is 3. The summed E-state index contributed by atoms with van der Waals surface area (Å²) >= 11 is 0. The van der Waals surface area contributed by atoms with Crippen molar-refractivity contribution in [3.8, 4) is 0 Å². The molecule has 1 rings (SSSR count). The van der Waals surface area contributed by atoms with E-state index in [9.17, 15) is 4.79 Å². The molecule has 16 heavy (non-hydrogen) atoms. The molecule has 1 unspecified atom stereocenters. The van der Waals surface area contributed by atoms with Gasteiger partial charge in [-0.25, -0.2) is 0 Å². The Morgan fingerprint density at radius 1 is 1.19 bits per heavy atom. The highest BCUT2D eigenvalue weighted by Gasteiger charge is 2.18. The Morgan fingerprint density at radius 3 is 2.88 bits per heavy atom. The number of Topliss-reactive ketones (excluding diaryl/α,β-unsaturated/α-hetero) is 1. The van der Waals surface area contributed by atoms with Crippen LogP contribution < -0.4 is 0 Å². The molecule has 0 aromatic carbocycles. The summed E-state index contributed by atoms with van der Waals surface area (Å²) in [5, 5.41) is 0. The van der Waals surface area contributed by atoms with E-state index in [0.29, 0.717) is 11.7 Å². The quantitative estimate of drug-likeness (QED) is 0.367. The van der Waals surface area contributed by atoms with Crippen molar-refractivity contribution in [2.45, 2.75) is 57.8 Å². The lowest BCUT2D eigenvalue weighted by Gasteiger charge is -2.09. The van der Waals surface area contributed by atoms with E-state index < -0.39 is 0 Å². The average Bonchev–Trinajstić information content (AvgIpc) is 2.49. The maximum Gasteiger partial charge on any atom is 0.136 e. The van der Waals surface area contributed by atoms with Crippen LogP contribution in [0.5, 0.6) is 0 Å². The number of carbonyl (C=O) groups is 1. The molecule has 1 nitrogen and oxygen atoms in total. The van der Waals surface area contributed by atoms with Crippen LogP contribution in [0.25, 0.3) is 0 Å². The fraction of sp³-hybridized carbons (Fsp3) is 0.667. The summed E-state index contributed by atoms with van der Waals surface area (Å²) in [5.41, 5.74) is 0. The molecule has 1 aliphatic carbocycles. The van der Waals surface area contributed by atoms with E-state index in [1.54, 1.807) is 0 Å². The predicted molar refractivity (Wildman–Crippen MR) is 69.4 cm³/mol. The molecule has 1 saturated carbocycles. The summed E-state index contributed by atoms with van der Waals surface area (Å²) in [5.74, 6) is 0.811. The Balaban J connectivity index is 2.19. The molecule has 0 amide bonds. The van der Waals surface area contributed by atoms with Crippen LogP contribution in [0.3, 0.4) is 0 Å². The minimum absolute atomic E-state index is 0.318. The highest BCUT2D eigenvalue weighted by molar-refractivity contribution is 5.81. The van der Waals surface area contributed by atoms with E-state index in [-0.39, 0.29) is 0 Å². The topological polar surface area (TPSA) is 17.1 Å². The first-order valence-electron chi connectivity index (χ1n) is 6.63. The second-order valence-corrected chi connectivity index (χ2v) is 4.69. The molecule has 1 fully saturated rings. The van der Waals surface area contributed by atoms with Gasteiger partial charge >= 0.3 is 0 Å². The maximum absolute atomic E-state index is 11.7. The molecule has 0 aromatic heterocycles. The maximum atomic E-state index is 11.7. The zero-order valence-corrected chi connectivity index (χ0v) is 10.3. The van der Waals surface area contributed by atoms with E-state index in [2.05, 4.69) is 18.7 Å². The Hall–Kier alpha value is -0.850. The van der Waals surface area contributed by atoms with Crippen LogP contribution in [0, 0.1) is 5.92 Å². The van der Waals surface area contributed by atoms with Crippen LogP contribution in [0.2, 0.25) is 0 Å². The smallest absolute Gasteiger partial charge is 0.136 e. The molecule has 0 heterocycles. The van der Waals surface area contributed by atoms with E-state index in [0.717, 1.165) is 38.5 Å². The first kappa shape index (κ1) is 13.2. The van der Waals surface area contributed by atoms with Gasteiger partial charge in [0.1, 0.15) is 5.78 Å². The Labute approximate surface area is 99.6 Å². The Morgan fingerprint density at radius 2 is 2.06 bits per heavy atom. The zero-order valence-electron chi connectivity index (χ0n) is 10.3. The van der Waals surface area contributed by atoms with Crippen molar-refractivity contribution in [1.82, 2.24) is 0 Å². The normalized spacial score (nSPS) is 22.2. The molecule has 0 bridgehead atoms. The van der Waals surface area contributed by atoms with Crippen LogP contribution in [0.15, 0.2) is 24.8 Å². The number of carbonyl (C=O) groups excluding carboxylic acids is 1. The molecule has 0 spiro atoms. The molecule has 1 aliphatic rings. The van der Waals surface area contributed by atoms with Gasteiger partial charge in [-0.05, 0) is 38.5 Å². The molecule has 0 aromatic rings. The second kappa shape index (κ2) is 8.32. The Kier molecular flexibility index (Phi) is 6.87. The third-order valence-electron chi connectivity index (χ3n) is 3.30. The lowest BCUT2D eigenvalue weighted by Crippen LogP contribution is -2.11. The van der Waals surface area contributed by atoms with Gasteiger partial charge in [0.15, 0.2) is 0 Å². The van der Waals surface area contributed by atoms with Gasteiger partial charge in [0.05, 0.1) is 0 Å². The molecular weight excluding hydrogens is 196 g/mol. The van der Waals surface area contributed by atoms with Gasteiger partial charge in [-0.3, -0.25) is 4.79 Å². The molecule has 1 atom stereocenters. The summed E-state index contributed by atoms with van der Waals surface area (Å²) in [6.45, 7) is 3.70. The van der Waals surface area contributed by atoms with Gasteiger partial charge in [-0.2, -0.15) is 0 Å². The monoisotopic (exact) mass is 220 g/mol. The molecule has 0 saturated heterocycles. The number of hydrogen-bond donors (Lipinski definition) is 0. The molecule has 90 valence electrons. The third kappa shape index (κ3) is 5.29. The minimum Gasteiger partial charge on any atom is -0.299 e. The van der Waals surface area contributed by atoms with Gasteiger partial charge in [0, 0.05) is 12.3 Å². The van der Waals surface area contributed by atoms with E-state index in [1.807, 2.05) is 6.08 Å². The Bertz CT molecular complexity index is 240. The van der Waals surface area contributed by atoms with Gasteiger partial charge in [0.25, 0.3) is 0 Å². The van der Waals surface area contributed by atoms with Crippen LogP contribution in [0.1, 0.15) is 57.8 Å². The summed E-state index contributed by atoms with van der Waals surface area (Å²) in [6, 6.07) is 0. The second-order valence-electron chi connectivity index (χ2n) is 4.69. The summed E-state index contributed by atoms with van der Waals surface area (Å²) in [7, 11) is 0. The summed E-state index contributed by atoms with van der Waals surface area (Å²) in [6.07, 6.45) is 16.3. The first-order chi connectivity index (χ1) is 7.84. The molecular formula is C15H24O. The SMILES string of the molecule is C=CCCC/C=C/CC1CCCCCC1=O. The van der Waals surface area contributed by atoms with Crippen molar-refractivity contribution in [3.63, 3.8) is 0 Å². The number of hydrogen-bond acceptors (Lipinski definition) is 1. The first-order valence-corrected chi connectivity index (χ1v) is 6.63. The van der Waals surface area contributed by atoms with E-state index >= 15 is 0 Å². The van der Waals surface area contributed by atoms with E-state index in [1.165, 1.54) is 19.3 Å². The van der Waals surface area contributed by atoms with Crippen molar-refractivity contribution < 1.29 is 4.79 Å². The summed E-state index contributed by atoms with van der Waals surface area (Å²) in [4.78, 5) is 11.7. The lowest BCUT2D eigenvalue weighted by molar-refractivity contribution is -0.122. The number of rotatable bonds is 6. The van der Waals surface area contributed by atoms with Gasteiger partial charge in [-0.1, -0.05) is 31.1 Å². The van der Waals surface area contributed by atoms with Crippen LogP contribution in [0.4, 0.5) is 0 Å². The summed E-state index contributed by atoms with van der Waals surface area (Å²) < 4.78 is 0. The molecule has 0 radical (unpaired) electrons. The van der Waals surface area contributed by atoms with Crippen molar-refractivity contribution in [2.75, 3.05) is 0 Å². The molecule has 0 aliphatic heterocycles. The van der Waals surface area contributed by atoms with Gasteiger partial charge in [0.2, 0.25) is 0 Å². The zero-order chi connectivity index (χ0) is 11.6. The van der Waals surface area contributed by atoms with Crippen LogP contribution >= 0.6 is 0 Å². The fourth-order valence-corrected chi connectivity index (χ4v) is 2.24. The van der Waals surface area contributed by atoms with E-state index in [4.69, 9.17) is 0 Å². The lowest BCUT2D eigenvalue weighted by atomic mass is 9.95. The molecule has 0 N–H and O–H groups in total. The highest BCUT2D eigenvalue weighted by atomic mass is 16.1. The largest absolute Gasteiger partial charge is 0.299 e. The van der Waals surface area contributed by atoms with Gasteiger partial charge in [-0.15, -0.1) is 6.58 Å². The number of unbranched alkanes of at least 4 members (excludes halogenated alkanes) is 2. The average molecular weight is 220 g/mol. The van der Waals surface area contributed by atoms with Crippen LogP contribution in [-0.2, 0) is 4.79 Å². The van der Waals surface area contributed by atoms with Crippen molar-refractivity contribution in [2.24, 2.45) is 5.92 Å². The minimum atomic E-state index is 0.318. The van der Waals surface area contributed by atoms with Gasteiger partial charge < -0.3 is 0 Å². The van der Waals surface area contributed by atoms with Crippen molar-refractivity contribution in [3.05, 3.63) is 24.8 Å². The standard InChI is InChI=1S/C15H24O/c1-2-3-4-5-6-8-11-14-12-9-7-10-13-15(14)16/h2,6,8,14H,1,3-5,7,9-13H2/b8-6+. The highest BCUT2D eigenvalue weighted by Crippen LogP contribution is 2.23. The predicted octanol–water partition coefficient (Wildman–Crippen LogP) is 4.44. The van der Waals surface area contributed by atoms with Crippen molar-refractivity contribution >= 4 is 5.78 Å². The van der Waals surface area contributed by atoms with Crippen LogP contribution in [-0.4, -0.2) is 5.78 Å².